The first kappa shape index (κ1) is 19.0. The van der Waals surface area contributed by atoms with E-state index in [1.165, 1.54) is 12.0 Å². The minimum absolute atomic E-state index is 0.328. The van der Waals surface area contributed by atoms with Crippen LogP contribution in [0.15, 0.2) is 18.2 Å². The van der Waals surface area contributed by atoms with E-state index in [1.54, 1.807) is 0 Å². The highest BCUT2D eigenvalue weighted by molar-refractivity contribution is 5.76. The van der Waals surface area contributed by atoms with Crippen LogP contribution in [0.25, 0.3) is 0 Å². The average molecular weight is 360 g/mol. The van der Waals surface area contributed by atoms with Crippen molar-refractivity contribution in [3.8, 4) is 11.5 Å². The Balaban J connectivity index is 1.42. The van der Waals surface area contributed by atoms with Gasteiger partial charge in [-0.3, -0.25) is 4.79 Å². The summed E-state index contributed by atoms with van der Waals surface area (Å²) < 4.78 is 10.9. The molecule has 1 fully saturated rings. The molecule has 1 aromatic carbocycles. The van der Waals surface area contributed by atoms with Crippen molar-refractivity contribution in [2.75, 3.05) is 33.0 Å². The second-order valence-electron chi connectivity index (χ2n) is 7.41. The highest BCUT2D eigenvalue weighted by atomic mass is 16.7. The first-order valence-corrected chi connectivity index (χ1v) is 10.1. The van der Waals surface area contributed by atoms with E-state index < -0.39 is 0 Å². The van der Waals surface area contributed by atoms with Crippen molar-refractivity contribution < 1.29 is 14.3 Å². The molecule has 144 valence electrons. The number of hydrogen-bond donors (Lipinski definition) is 0. The first-order chi connectivity index (χ1) is 12.7. The molecule has 1 aromatic rings. The Morgan fingerprint density at radius 1 is 1.19 bits per heavy atom. The summed E-state index contributed by atoms with van der Waals surface area (Å²) in [4.78, 5) is 16.4. The molecule has 0 spiro atoms. The largest absolute Gasteiger partial charge is 0.454 e. The Labute approximate surface area is 157 Å². The summed E-state index contributed by atoms with van der Waals surface area (Å²) >= 11 is 0. The van der Waals surface area contributed by atoms with Gasteiger partial charge in [0.25, 0.3) is 0 Å². The van der Waals surface area contributed by atoms with Gasteiger partial charge in [0.05, 0.1) is 0 Å². The van der Waals surface area contributed by atoms with Gasteiger partial charge in [0.1, 0.15) is 0 Å². The number of piperidine rings is 1. The number of unbranched alkanes of at least 4 members (excludes halogenated alkanes) is 1. The molecule has 0 saturated carbocycles. The predicted octanol–water partition coefficient (Wildman–Crippen LogP) is 3.46. The van der Waals surface area contributed by atoms with Crippen LogP contribution in [0.5, 0.6) is 11.5 Å². The molecule has 0 radical (unpaired) electrons. The van der Waals surface area contributed by atoms with E-state index >= 15 is 0 Å². The quantitative estimate of drug-likeness (QED) is 0.633. The molecule has 5 heteroatoms. The van der Waals surface area contributed by atoms with Gasteiger partial charge in [-0.15, -0.1) is 0 Å². The number of likely N-dealkylation sites (N-methyl/N-ethyl adjacent to an activating group) is 1. The van der Waals surface area contributed by atoms with Crippen LogP contribution < -0.4 is 9.47 Å². The summed E-state index contributed by atoms with van der Waals surface area (Å²) in [5, 5.41) is 0. The van der Waals surface area contributed by atoms with Crippen LogP contribution in [0, 0.1) is 0 Å². The monoisotopic (exact) mass is 360 g/mol. The van der Waals surface area contributed by atoms with Gasteiger partial charge in [0.15, 0.2) is 11.5 Å². The average Bonchev–Trinajstić information content (AvgIpc) is 3.11. The Bertz CT molecular complexity index is 605. The topological polar surface area (TPSA) is 42.0 Å². The lowest BCUT2D eigenvalue weighted by atomic mass is 10.0. The molecule has 2 aliphatic heterocycles. The van der Waals surface area contributed by atoms with Gasteiger partial charge in [-0.1, -0.05) is 13.0 Å². The smallest absolute Gasteiger partial charge is 0.231 e. The van der Waals surface area contributed by atoms with Crippen molar-refractivity contribution in [3.05, 3.63) is 23.8 Å². The summed E-state index contributed by atoms with van der Waals surface area (Å²) in [7, 11) is 0. The van der Waals surface area contributed by atoms with Crippen molar-refractivity contribution in [1.29, 1.82) is 0 Å². The molecule has 0 N–H and O–H groups in total. The number of carbonyl (C=O) groups is 1. The number of carbonyl (C=O) groups excluding carboxylic acids is 1. The van der Waals surface area contributed by atoms with E-state index in [2.05, 4.69) is 35.8 Å². The van der Waals surface area contributed by atoms with Crippen molar-refractivity contribution in [1.82, 2.24) is 9.80 Å². The van der Waals surface area contributed by atoms with Gasteiger partial charge in [0.2, 0.25) is 12.7 Å². The van der Waals surface area contributed by atoms with Crippen LogP contribution in [-0.4, -0.2) is 54.7 Å². The summed E-state index contributed by atoms with van der Waals surface area (Å²) in [5.41, 5.74) is 1.29. The third-order valence-corrected chi connectivity index (χ3v) is 5.54. The molecule has 0 bridgehead atoms. The zero-order valence-corrected chi connectivity index (χ0v) is 16.2. The minimum Gasteiger partial charge on any atom is -0.454 e. The molecular weight excluding hydrogens is 328 g/mol. The van der Waals surface area contributed by atoms with E-state index in [-0.39, 0.29) is 0 Å². The molecule has 0 aromatic heterocycles. The molecule has 1 unspecified atom stereocenters. The number of benzene rings is 1. The van der Waals surface area contributed by atoms with Gasteiger partial charge in [-0.25, -0.2) is 0 Å². The summed E-state index contributed by atoms with van der Waals surface area (Å²) in [5.74, 6) is 2.06. The number of fused-ring (bicyclic) bond motifs is 1. The molecule has 2 heterocycles. The maximum Gasteiger partial charge on any atom is 0.231 e. The predicted molar refractivity (Wildman–Crippen MR) is 103 cm³/mol. The van der Waals surface area contributed by atoms with E-state index in [1.807, 2.05) is 6.07 Å². The summed E-state index contributed by atoms with van der Waals surface area (Å²) in [6, 6.07) is 6.74. The Hall–Kier alpha value is -1.75. The number of hydrogen-bond acceptors (Lipinski definition) is 4. The van der Waals surface area contributed by atoms with E-state index in [0.717, 1.165) is 69.8 Å². The third-order valence-electron chi connectivity index (χ3n) is 5.54. The zero-order chi connectivity index (χ0) is 18.4. The van der Waals surface area contributed by atoms with Crippen LogP contribution in [-0.2, 0) is 11.2 Å². The fraction of sp³-hybridized carbons (Fsp3) is 0.667. The van der Waals surface area contributed by atoms with Gasteiger partial charge >= 0.3 is 0 Å². The molecule has 5 nitrogen and oxygen atoms in total. The number of likely N-dealkylation sites (tertiary alicyclic amines) is 1. The SMILES string of the molecule is CCN(CCCCN1CCCCC1=O)C(C)Cc1ccc2c(c1)OCO2. The Kier molecular flexibility index (Phi) is 6.78. The summed E-state index contributed by atoms with van der Waals surface area (Å²) in [6.07, 6.45) is 6.22. The highest BCUT2D eigenvalue weighted by Crippen LogP contribution is 2.33. The molecule has 1 amide bonds. The lowest BCUT2D eigenvalue weighted by molar-refractivity contribution is -0.133. The molecular formula is C21H32N2O3. The number of nitrogens with zero attached hydrogens (tertiary/aromatic N) is 2. The molecule has 2 aliphatic rings. The maximum atomic E-state index is 11.9. The number of rotatable bonds is 9. The van der Waals surface area contributed by atoms with Gasteiger partial charge in [-0.05, 0) is 69.8 Å². The lowest BCUT2D eigenvalue weighted by Gasteiger charge is -2.29. The van der Waals surface area contributed by atoms with Crippen LogP contribution in [0.3, 0.4) is 0 Å². The van der Waals surface area contributed by atoms with E-state index in [0.29, 0.717) is 18.7 Å². The van der Waals surface area contributed by atoms with Crippen molar-refractivity contribution in [3.63, 3.8) is 0 Å². The second-order valence-corrected chi connectivity index (χ2v) is 7.41. The van der Waals surface area contributed by atoms with Crippen LogP contribution in [0.4, 0.5) is 0 Å². The van der Waals surface area contributed by atoms with Crippen LogP contribution in [0.2, 0.25) is 0 Å². The van der Waals surface area contributed by atoms with Crippen molar-refractivity contribution in [2.24, 2.45) is 0 Å². The fourth-order valence-corrected chi connectivity index (χ4v) is 3.94. The molecule has 1 saturated heterocycles. The molecule has 26 heavy (non-hydrogen) atoms. The fourth-order valence-electron chi connectivity index (χ4n) is 3.94. The standard InChI is InChI=1S/C21H32N2O3/c1-3-22(11-6-7-13-23-12-5-4-8-21(23)24)17(2)14-18-9-10-19-20(15-18)26-16-25-19/h9-10,15,17H,3-8,11-14,16H2,1-2H3. The van der Waals surface area contributed by atoms with E-state index in [4.69, 9.17) is 9.47 Å². The molecule has 1 atom stereocenters. The van der Waals surface area contributed by atoms with Gasteiger partial charge < -0.3 is 19.3 Å². The van der Waals surface area contributed by atoms with Crippen LogP contribution >= 0.6 is 0 Å². The maximum absolute atomic E-state index is 11.9. The molecule has 3 rings (SSSR count). The van der Waals surface area contributed by atoms with Crippen molar-refractivity contribution in [2.45, 2.75) is 58.4 Å². The normalized spacial score (nSPS) is 17.8. The minimum atomic E-state index is 0.328. The number of ether oxygens (including phenoxy) is 2. The number of amides is 1. The zero-order valence-electron chi connectivity index (χ0n) is 16.2. The summed E-state index contributed by atoms with van der Waals surface area (Å²) in [6.45, 7) is 8.86. The second kappa shape index (κ2) is 9.26. The Morgan fingerprint density at radius 2 is 2.04 bits per heavy atom. The van der Waals surface area contributed by atoms with Crippen molar-refractivity contribution >= 4 is 5.91 Å². The highest BCUT2D eigenvalue weighted by Gasteiger charge is 2.19. The lowest BCUT2D eigenvalue weighted by Crippen LogP contribution is -2.37. The third kappa shape index (κ3) is 4.91. The Morgan fingerprint density at radius 3 is 2.85 bits per heavy atom. The first-order valence-electron chi connectivity index (χ1n) is 10.1. The molecule has 0 aliphatic carbocycles. The van der Waals surface area contributed by atoms with Crippen LogP contribution in [0.1, 0.15) is 51.5 Å². The van der Waals surface area contributed by atoms with E-state index in [9.17, 15) is 4.79 Å². The van der Waals surface area contributed by atoms with Gasteiger partial charge in [0, 0.05) is 25.6 Å². The van der Waals surface area contributed by atoms with Gasteiger partial charge in [-0.2, -0.15) is 0 Å².